The Kier molecular flexibility index (Phi) is 5.09. The van der Waals surface area contributed by atoms with E-state index in [1.165, 1.54) is 6.20 Å². The van der Waals surface area contributed by atoms with Crippen molar-refractivity contribution in [1.82, 2.24) is 14.7 Å². The first kappa shape index (κ1) is 15.2. The van der Waals surface area contributed by atoms with E-state index in [1.54, 1.807) is 10.7 Å². The van der Waals surface area contributed by atoms with E-state index in [4.69, 9.17) is 0 Å². The van der Waals surface area contributed by atoms with Gasteiger partial charge in [0.05, 0.1) is 11.7 Å². The fraction of sp³-hybridized carbons (Fsp3) is 0.438. The molecule has 1 amide bonds. The van der Waals surface area contributed by atoms with Crippen LogP contribution in [0.25, 0.3) is 10.9 Å². The number of amides is 1. The topological polar surface area (TPSA) is 55.2 Å². The Bertz CT molecular complexity index is 673. The standard InChI is InChI=1S/C16H21N3O2/c1-3-9-18(10-4-2)16(21)12-19-14-8-6-5-7-13(14)15(20)11-17-19/h5-8,11H,3-4,9-10,12H2,1-2H3. The van der Waals surface area contributed by atoms with Crippen LogP contribution in [-0.4, -0.2) is 33.7 Å². The summed E-state index contributed by atoms with van der Waals surface area (Å²) >= 11 is 0. The summed E-state index contributed by atoms with van der Waals surface area (Å²) in [5, 5.41) is 4.70. The van der Waals surface area contributed by atoms with Crippen molar-refractivity contribution in [2.24, 2.45) is 0 Å². The van der Waals surface area contributed by atoms with Crippen LogP contribution in [0.4, 0.5) is 0 Å². The number of aromatic nitrogens is 2. The summed E-state index contributed by atoms with van der Waals surface area (Å²) < 4.78 is 1.61. The largest absolute Gasteiger partial charge is 0.341 e. The second-order valence-electron chi connectivity index (χ2n) is 5.06. The van der Waals surface area contributed by atoms with E-state index in [0.29, 0.717) is 10.9 Å². The number of hydrogen-bond acceptors (Lipinski definition) is 3. The van der Waals surface area contributed by atoms with Gasteiger partial charge >= 0.3 is 0 Å². The Morgan fingerprint density at radius 1 is 1.19 bits per heavy atom. The van der Waals surface area contributed by atoms with Crippen LogP contribution in [0.15, 0.2) is 35.3 Å². The molecule has 0 N–H and O–H groups in total. The van der Waals surface area contributed by atoms with E-state index in [-0.39, 0.29) is 17.9 Å². The molecule has 0 saturated heterocycles. The fourth-order valence-corrected chi connectivity index (χ4v) is 2.42. The minimum Gasteiger partial charge on any atom is -0.341 e. The van der Waals surface area contributed by atoms with Crippen molar-refractivity contribution in [2.45, 2.75) is 33.2 Å². The third-order valence-electron chi connectivity index (χ3n) is 3.39. The number of carbonyl (C=O) groups is 1. The van der Waals surface area contributed by atoms with E-state index >= 15 is 0 Å². The number of para-hydroxylation sites is 1. The molecule has 0 aliphatic rings. The number of rotatable bonds is 6. The number of hydrogen-bond donors (Lipinski definition) is 0. The maximum atomic E-state index is 12.4. The van der Waals surface area contributed by atoms with Crippen molar-refractivity contribution in [3.63, 3.8) is 0 Å². The molecule has 112 valence electrons. The molecule has 1 aromatic carbocycles. The van der Waals surface area contributed by atoms with Crippen molar-refractivity contribution in [3.8, 4) is 0 Å². The molecular formula is C16H21N3O2. The molecule has 0 bridgehead atoms. The zero-order chi connectivity index (χ0) is 15.2. The zero-order valence-electron chi connectivity index (χ0n) is 12.6. The summed E-state index contributed by atoms with van der Waals surface area (Å²) in [6.07, 6.45) is 3.15. The molecule has 0 aliphatic heterocycles. The van der Waals surface area contributed by atoms with Gasteiger partial charge in [-0.1, -0.05) is 26.0 Å². The number of nitrogens with zero attached hydrogens (tertiary/aromatic N) is 3. The molecule has 5 heteroatoms. The van der Waals surface area contributed by atoms with Crippen molar-refractivity contribution in [1.29, 1.82) is 0 Å². The van der Waals surface area contributed by atoms with Gasteiger partial charge < -0.3 is 4.90 Å². The molecule has 2 rings (SSSR count). The molecule has 0 spiro atoms. The first-order chi connectivity index (χ1) is 10.2. The molecule has 1 heterocycles. The number of carbonyl (C=O) groups excluding carboxylic acids is 1. The molecule has 0 atom stereocenters. The number of benzene rings is 1. The summed E-state index contributed by atoms with van der Waals surface area (Å²) in [4.78, 5) is 26.0. The Morgan fingerprint density at radius 2 is 1.86 bits per heavy atom. The third kappa shape index (κ3) is 3.48. The lowest BCUT2D eigenvalue weighted by molar-refractivity contribution is -0.132. The molecule has 0 unspecified atom stereocenters. The third-order valence-corrected chi connectivity index (χ3v) is 3.39. The lowest BCUT2D eigenvalue weighted by atomic mass is 10.2. The van der Waals surface area contributed by atoms with Crippen LogP contribution in [0.3, 0.4) is 0 Å². The van der Waals surface area contributed by atoms with Crippen LogP contribution >= 0.6 is 0 Å². The second kappa shape index (κ2) is 7.02. The highest BCUT2D eigenvalue weighted by atomic mass is 16.2. The molecular weight excluding hydrogens is 266 g/mol. The predicted octanol–water partition coefficient (Wildman–Crippen LogP) is 2.05. The Hall–Kier alpha value is -2.17. The summed E-state index contributed by atoms with van der Waals surface area (Å²) in [6.45, 7) is 5.79. The van der Waals surface area contributed by atoms with E-state index in [0.717, 1.165) is 25.9 Å². The van der Waals surface area contributed by atoms with Gasteiger partial charge in [-0.15, -0.1) is 0 Å². The van der Waals surface area contributed by atoms with Crippen molar-refractivity contribution in [2.75, 3.05) is 13.1 Å². The molecule has 0 saturated carbocycles. The van der Waals surface area contributed by atoms with Crippen LogP contribution in [0.1, 0.15) is 26.7 Å². The first-order valence-electron chi connectivity index (χ1n) is 7.40. The quantitative estimate of drug-likeness (QED) is 0.817. The van der Waals surface area contributed by atoms with Gasteiger partial charge in [0.1, 0.15) is 6.54 Å². The summed E-state index contributed by atoms with van der Waals surface area (Å²) in [5.74, 6) is 0.0417. The monoisotopic (exact) mass is 287 g/mol. The molecule has 5 nitrogen and oxygen atoms in total. The van der Waals surface area contributed by atoms with Crippen LogP contribution in [0.5, 0.6) is 0 Å². The van der Waals surface area contributed by atoms with Crippen LogP contribution < -0.4 is 5.43 Å². The summed E-state index contributed by atoms with van der Waals surface area (Å²) in [7, 11) is 0. The highest BCUT2D eigenvalue weighted by Crippen LogP contribution is 2.08. The second-order valence-corrected chi connectivity index (χ2v) is 5.06. The average molecular weight is 287 g/mol. The van der Waals surface area contributed by atoms with Crippen LogP contribution in [0.2, 0.25) is 0 Å². The minimum atomic E-state index is -0.117. The molecule has 1 aromatic heterocycles. The highest BCUT2D eigenvalue weighted by molar-refractivity contribution is 5.81. The Morgan fingerprint density at radius 3 is 2.52 bits per heavy atom. The zero-order valence-corrected chi connectivity index (χ0v) is 12.6. The van der Waals surface area contributed by atoms with Crippen molar-refractivity contribution >= 4 is 16.8 Å². The van der Waals surface area contributed by atoms with Gasteiger partial charge in [0, 0.05) is 18.5 Å². The molecule has 2 aromatic rings. The van der Waals surface area contributed by atoms with E-state index in [9.17, 15) is 9.59 Å². The first-order valence-corrected chi connectivity index (χ1v) is 7.40. The SMILES string of the molecule is CCCN(CCC)C(=O)Cn1ncc(=O)c2ccccc21. The summed E-state index contributed by atoms with van der Waals surface area (Å²) in [6, 6.07) is 7.24. The van der Waals surface area contributed by atoms with Gasteiger partial charge in [0.15, 0.2) is 0 Å². The van der Waals surface area contributed by atoms with Gasteiger partial charge in [0.25, 0.3) is 0 Å². The van der Waals surface area contributed by atoms with E-state index < -0.39 is 0 Å². The predicted molar refractivity (Wildman–Crippen MR) is 83.2 cm³/mol. The lowest BCUT2D eigenvalue weighted by Gasteiger charge is -2.22. The van der Waals surface area contributed by atoms with E-state index in [2.05, 4.69) is 18.9 Å². The van der Waals surface area contributed by atoms with Gasteiger partial charge in [-0.3, -0.25) is 14.3 Å². The van der Waals surface area contributed by atoms with Crippen molar-refractivity contribution in [3.05, 3.63) is 40.7 Å². The fourth-order valence-electron chi connectivity index (χ4n) is 2.42. The van der Waals surface area contributed by atoms with Crippen molar-refractivity contribution < 1.29 is 4.79 Å². The lowest BCUT2D eigenvalue weighted by Crippen LogP contribution is -2.35. The molecule has 0 fully saturated rings. The number of fused-ring (bicyclic) bond motifs is 1. The van der Waals surface area contributed by atoms with Gasteiger partial charge in [0.2, 0.25) is 11.3 Å². The maximum Gasteiger partial charge on any atom is 0.244 e. The molecule has 0 aliphatic carbocycles. The minimum absolute atomic E-state index is 0.0417. The maximum absolute atomic E-state index is 12.4. The van der Waals surface area contributed by atoms with Crippen LogP contribution in [-0.2, 0) is 11.3 Å². The smallest absolute Gasteiger partial charge is 0.244 e. The van der Waals surface area contributed by atoms with E-state index in [1.807, 2.05) is 23.1 Å². The van der Waals surface area contributed by atoms with Crippen LogP contribution in [0, 0.1) is 0 Å². The van der Waals surface area contributed by atoms with Gasteiger partial charge in [-0.2, -0.15) is 5.10 Å². The molecule has 21 heavy (non-hydrogen) atoms. The van der Waals surface area contributed by atoms with Gasteiger partial charge in [-0.25, -0.2) is 0 Å². The average Bonchev–Trinajstić information content (AvgIpc) is 2.50. The summed E-state index contributed by atoms with van der Waals surface area (Å²) in [5.41, 5.74) is 0.583. The Balaban J connectivity index is 2.29. The highest BCUT2D eigenvalue weighted by Gasteiger charge is 2.14. The normalized spacial score (nSPS) is 10.8. The Labute approximate surface area is 124 Å². The van der Waals surface area contributed by atoms with Gasteiger partial charge in [-0.05, 0) is 25.0 Å². The molecule has 0 radical (unpaired) electrons.